The highest BCUT2D eigenvalue weighted by Crippen LogP contribution is 2.28. The summed E-state index contributed by atoms with van der Waals surface area (Å²) < 4.78 is 0.961. The van der Waals surface area contributed by atoms with Crippen molar-refractivity contribution >= 4 is 39.3 Å². The van der Waals surface area contributed by atoms with Crippen LogP contribution in [0.15, 0.2) is 15.9 Å². The Morgan fingerprint density at radius 3 is 2.90 bits per heavy atom. The van der Waals surface area contributed by atoms with Gasteiger partial charge in [-0.15, -0.1) is 11.3 Å². The summed E-state index contributed by atoms with van der Waals surface area (Å²) in [4.78, 5) is 26.2. The molecule has 0 spiro atoms. The van der Waals surface area contributed by atoms with Gasteiger partial charge in [0.15, 0.2) is 0 Å². The molecule has 0 bridgehead atoms. The van der Waals surface area contributed by atoms with Crippen molar-refractivity contribution in [3.63, 3.8) is 0 Å². The average Bonchev–Trinajstić information content (AvgIpc) is 2.82. The Bertz CT molecular complexity index is 519. The fraction of sp³-hybridized carbons (Fsp3) is 0.538. The number of carbonyl (C=O) groups excluding carboxylic acids is 1. The summed E-state index contributed by atoms with van der Waals surface area (Å²) in [6, 6.07) is 1.61. The molecule has 7 heteroatoms. The normalized spacial score (nSPS) is 22.6. The van der Waals surface area contributed by atoms with Gasteiger partial charge in [0, 0.05) is 15.9 Å². The molecular formula is C13H17BrN2O3S. The molecule has 0 aromatic carbocycles. The van der Waals surface area contributed by atoms with Crippen LogP contribution in [0.25, 0.3) is 0 Å². The van der Waals surface area contributed by atoms with E-state index in [0.717, 1.165) is 22.2 Å². The molecule has 5 nitrogen and oxygen atoms in total. The average molecular weight is 361 g/mol. The van der Waals surface area contributed by atoms with Gasteiger partial charge in [0.25, 0.3) is 0 Å². The summed E-state index contributed by atoms with van der Waals surface area (Å²) in [6.07, 6.45) is 2.18. The topological polar surface area (TPSA) is 69.6 Å². The molecule has 0 radical (unpaired) electrons. The van der Waals surface area contributed by atoms with E-state index in [2.05, 4.69) is 21.2 Å². The fourth-order valence-electron chi connectivity index (χ4n) is 2.37. The van der Waals surface area contributed by atoms with Crippen LogP contribution in [-0.2, 0) is 11.3 Å². The van der Waals surface area contributed by atoms with Gasteiger partial charge in [0.05, 0.1) is 6.54 Å². The maximum absolute atomic E-state index is 12.3. The minimum absolute atomic E-state index is 0.310. The number of likely N-dealkylation sites (tertiary alicyclic amines) is 1. The van der Waals surface area contributed by atoms with Crippen molar-refractivity contribution in [2.24, 2.45) is 0 Å². The largest absolute Gasteiger partial charge is 0.480 e. The molecule has 1 unspecified atom stereocenters. The fourth-order valence-corrected chi connectivity index (χ4v) is 3.80. The van der Waals surface area contributed by atoms with Crippen LogP contribution >= 0.6 is 27.3 Å². The van der Waals surface area contributed by atoms with Crippen LogP contribution < -0.4 is 5.32 Å². The molecule has 2 amide bonds. The Balaban J connectivity index is 2.03. The Morgan fingerprint density at radius 2 is 2.30 bits per heavy atom. The lowest BCUT2D eigenvalue weighted by Crippen LogP contribution is -2.59. The summed E-state index contributed by atoms with van der Waals surface area (Å²) in [5.41, 5.74) is -1.10. The molecule has 1 saturated heterocycles. The first kappa shape index (κ1) is 15.3. The zero-order valence-corrected chi connectivity index (χ0v) is 13.6. The third-order valence-electron chi connectivity index (χ3n) is 3.69. The van der Waals surface area contributed by atoms with Crippen molar-refractivity contribution < 1.29 is 14.7 Å². The molecule has 2 heterocycles. The van der Waals surface area contributed by atoms with Gasteiger partial charge in [-0.05, 0) is 53.6 Å². The molecule has 0 aliphatic carbocycles. The highest BCUT2D eigenvalue weighted by Gasteiger charge is 2.43. The summed E-state index contributed by atoms with van der Waals surface area (Å²) in [7, 11) is 0. The molecule has 2 rings (SSSR count). The third kappa shape index (κ3) is 2.98. The molecule has 110 valence electrons. The van der Waals surface area contributed by atoms with E-state index in [1.807, 2.05) is 11.4 Å². The minimum Gasteiger partial charge on any atom is -0.480 e. The van der Waals surface area contributed by atoms with E-state index >= 15 is 0 Å². The van der Waals surface area contributed by atoms with Gasteiger partial charge >= 0.3 is 12.0 Å². The number of halogens is 1. The van der Waals surface area contributed by atoms with Crippen LogP contribution in [-0.4, -0.2) is 34.1 Å². The number of carbonyl (C=O) groups is 2. The molecule has 1 aliphatic rings. The lowest BCUT2D eigenvalue weighted by molar-refractivity contribution is -0.150. The van der Waals surface area contributed by atoms with E-state index in [4.69, 9.17) is 0 Å². The second-order valence-electron chi connectivity index (χ2n) is 5.04. The third-order valence-corrected chi connectivity index (χ3v) is 5.61. The Hall–Kier alpha value is -1.08. The van der Waals surface area contributed by atoms with Crippen LogP contribution in [0.4, 0.5) is 4.79 Å². The van der Waals surface area contributed by atoms with Gasteiger partial charge in [-0.3, -0.25) is 0 Å². The quantitative estimate of drug-likeness (QED) is 0.870. The van der Waals surface area contributed by atoms with Crippen molar-refractivity contribution in [2.75, 3.05) is 6.54 Å². The monoisotopic (exact) mass is 360 g/mol. The minimum atomic E-state index is -1.10. The summed E-state index contributed by atoms with van der Waals surface area (Å²) in [5, 5.41) is 14.1. The van der Waals surface area contributed by atoms with Gasteiger partial charge in [0.2, 0.25) is 0 Å². The van der Waals surface area contributed by atoms with E-state index in [-0.39, 0.29) is 6.03 Å². The summed E-state index contributed by atoms with van der Waals surface area (Å²) >= 11 is 4.96. The molecule has 20 heavy (non-hydrogen) atoms. The molecule has 1 atom stereocenters. The predicted molar refractivity (Wildman–Crippen MR) is 80.9 cm³/mol. The van der Waals surface area contributed by atoms with Crippen molar-refractivity contribution in [3.05, 3.63) is 20.8 Å². The van der Waals surface area contributed by atoms with Crippen molar-refractivity contribution in [2.45, 2.75) is 38.3 Å². The lowest BCUT2D eigenvalue weighted by atomic mass is 9.89. The number of nitrogens with one attached hydrogen (secondary N) is 1. The van der Waals surface area contributed by atoms with Crippen molar-refractivity contribution in [1.82, 2.24) is 10.2 Å². The number of carboxylic acid groups (broad SMARTS) is 1. The zero-order chi connectivity index (χ0) is 14.8. The molecular weight excluding hydrogens is 344 g/mol. The highest BCUT2D eigenvalue weighted by molar-refractivity contribution is 9.10. The molecule has 1 aromatic rings. The first-order chi connectivity index (χ1) is 9.45. The number of nitrogens with zero attached hydrogens (tertiary/aromatic N) is 1. The second-order valence-corrected chi connectivity index (χ2v) is 6.89. The molecule has 1 fully saturated rings. The molecule has 1 aliphatic heterocycles. The Kier molecular flexibility index (Phi) is 4.70. The van der Waals surface area contributed by atoms with Crippen molar-refractivity contribution in [1.29, 1.82) is 0 Å². The van der Waals surface area contributed by atoms with Gasteiger partial charge in [-0.25, -0.2) is 9.59 Å². The number of carboxylic acids is 1. The van der Waals surface area contributed by atoms with E-state index in [1.54, 1.807) is 18.3 Å². The van der Waals surface area contributed by atoms with Crippen LogP contribution in [0.2, 0.25) is 0 Å². The van der Waals surface area contributed by atoms with Gasteiger partial charge in [-0.1, -0.05) is 0 Å². The van der Waals surface area contributed by atoms with E-state index in [1.165, 1.54) is 4.90 Å². The van der Waals surface area contributed by atoms with E-state index in [9.17, 15) is 14.7 Å². The van der Waals surface area contributed by atoms with E-state index < -0.39 is 11.5 Å². The van der Waals surface area contributed by atoms with Crippen molar-refractivity contribution in [3.8, 4) is 0 Å². The van der Waals surface area contributed by atoms with Crippen LogP contribution in [0.5, 0.6) is 0 Å². The van der Waals surface area contributed by atoms with Crippen LogP contribution in [0.1, 0.15) is 31.1 Å². The maximum Gasteiger partial charge on any atom is 0.329 e. The van der Waals surface area contributed by atoms with E-state index in [0.29, 0.717) is 19.5 Å². The Labute approximate surface area is 130 Å². The number of rotatable bonds is 3. The summed E-state index contributed by atoms with van der Waals surface area (Å²) in [6.45, 7) is 2.51. The van der Waals surface area contributed by atoms with Gasteiger partial charge in [-0.2, -0.15) is 0 Å². The first-order valence-electron chi connectivity index (χ1n) is 6.46. The number of aliphatic carboxylic acids is 1. The number of hydrogen-bond acceptors (Lipinski definition) is 3. The van der Waals surface area contributed by atoms with Gasteiger partial charge < -0.3 is 15.3 Å². The zero-order valence-electron chi connectivity index (χ0n) is 11.2. The SMILES string of the molecule is CC1(C(=O)O)CCCCN1C(=O)NCc1sccc1Br. The standard InChI is InChI=1S/C13H17BrN2O3S/c1-13(11(17)18)5-2-3-6-16(13)12(19)15-8-10-9(14)4-7-20-10/h4,7H,2-3,5-6,8H2,1H3,(H,15,19)(H,17,18). The number of urea groups is 1. The molecule has 0 saturated carbocycles. The molecule has 2 N–H and O–H groups in total. The summed E-state index contributed by atoms with van der Waals surface area (Å²) in [5.74, 6) is -0.940. The first-order valence-corrected chi connectivity index (χ1v) is 8.13. The number of piperidine rings is 1. The number of amides is 2. The maximum atomic E-state index is 12.3. The lowest BCUT2D eigenvalue weighted by Gasteiger charge is -2.41. The second kappa shape index (κ2) is 6.13. The Morgan fingerprint density at radius 1 is 1.55 bits per heavy atom. The van der Waals surface area contributed by atoms with Crippen LogP contribution in [0.3, 0.4) is 0 Å². The van der Waals surface area contributed by atoms with Gasteiger partial charge in [0.1, 0.15) is 5.54 Å². The molecule has 1 aromatic heterocycles. The highest BCUT2D eigenvalue weighted by atomic mass is 79.9. The predicted octanol–water partition coefficient (Wildman–Crippen LogP) is 3.05. The smallest absolute Gasteiger partial charge is 0.329 e. The van der Waals surface area contributed by atoms with Crippen LogP contribution in [0, 0.1) is 0 Å². The number of hydrogen-bond donors (Lipinski definition) is 2. The number of thiophene rings is 1.